The molecule has 0 saturated heterocycles. The topological polar surface area (TPSA) is 54.2 Å². The molecule has 1 atom stereocenters. The molecule has 0 radical (unpaired) electrons. The van der Waals surface area contributed by atoms with Gasteiger partial charge in [0.1, 0.15) is 5.82 Å². The molecule has 0 fully saturated rings. The lowest BCUT2D eigenvalue weighted by atomic mass is 10.1. The number of nitrogens with one attached hydrogen (secondary N) is 2. The van der Waals surface area contributed by atoms with Crippen molar-refractivity contribution in [2.24, 2.45) is 4.99 Å². The number of aliphatic imine (C=N–C) groups is 1. The average Bonchev–Trinajstić information content (AvgIpc) is 3.15. The molecule has 2 N–H and O–H groups in total. The Morgan fingerprint density at radius 2 is 1.80 bits per heavy atom. The highest BCUT2D eigenvalue weighted by Gasteiger charge is 2.06. The molecule has 1 unspecified atom stereocenters. The van der Waals surface area contributed by atoms with Gasteiger partial charge in [-0.2, -0.15) is 0 Å². The molecule has 6 heteroatoms. The molecule has 160 valence electrons. The van der Waals surface area contributed by atoms with Crippen molar-refractivity contribution in [2.45, 2.75) is 45.8 Å². The van der Waals surface area contributed by atoms with Crippen molar-refractivity contribution in [1.29, 1.82) is 0 Å². The van der Waals surface area contributed by atoms with Gasteiger partial charge in [0, 0.05) is 38.6 Å². The Bertz CT molecular complexity index is 920. The fourth-order valence-corrected chi connectivity index (χ4v) is 3.32. The van der Waals surface area contributed by atoms with E-state index in [4.69, 9.17) is 0 Å². The van der Waals surface area contributed by atoms with E-state index in [-0.39, 0.29) is 24.0 Å². The summed E-state index contributed by atoms with van der Waals surface area (Å²) in [6.45, 7) is 5.80. The van der Waals surface area contributed by atoms with E-state index in [2.05, 4.69) is 86.7 Å². The van der Waals surface area contributed by atoms with Crippen molar-refractivity contribution < 1.29 is 0 Å². The number of guanidine groups is 1. The minimum atomic E-state index is 0. The largest absolute Gasteiger partial charge is 0.354 e. The van der Waals surface area contributed by atoms with Gasteiger partial charge in [0.05, 0.1) is 0 Å². The number of nitrogens with zero attached hydrogens (tertiary/aromatic N) is 3. The van der Waals surface area contributed by atoms with Crippen LogP contribution in [-0.2, 0) is 19.5 Å². The van der Waals surface area contributed by atoms with E-state index in [1.165, 1.54) is 16.7 Å². The Morgan fingerprint density at radius 1 is 1.07 bits per heavy atom. The van der Waals surface area contributed by atoms with E-state index in [9.17, 15) is 0 Å². The number of hydrogen-bond donors (Lipinski definition) is 2. The highest BCUT2D eigenvalue weighted by molar-refractivity contribution is 14.0. The Labute approximate surface area is 197 Å². The van der Waals surface area contributed by atoms with Crippen molar-refractivity contribution in [1.82, 2.24) is 20.2 Å². The van der Waals surface area contributed by atoms with Gasteiger partial charge in [0.25, 0.3) is 0 Å². The van der Waals surface area contributed by atoms with Crippen molar-refractivity contribution in [2.75, 3.05) is 7.05 Å². The molecule has 0 bridgehead atoms. The second kappa shape index (κ2) is 12.4. The van der Waals surface area contributed by atoms with E-state index in [1.54, 1.807) is 0 Å². The van der Waals surface area contributed by atoms with Gasteiger partial charge in [0.2, 0.25) is 0 Å². The number of rotatable bonds is 8. The zero-order valence-electron chi connectivity index (χ0n) is 18.0. The molecule has 0 saturated carbocycles. The number of halogens is 1. The third kappa shape index (κ3) is 7.48. The van der Waals surface area contributed by atoms with Crippen LogP contribution in [-0.4, -0.2) is 28.6 Å². The summed E-state index contributed by atoms with van der Waals surface area (Å²) in [6, 6.07) is 19.6. The number of aromatic nitrogens is 2. The van der Waals surface area contributed by atoms with E-state index in [0.29, 0.717) is 6.04 Å². The summed E-state index contributed by atoms with van der Waals surface area (Å²) in [4.78, 5) is 8.67. The predicted molar refractivity (Wildman–Crippen MR) is 135 cm³/mol. The summed E-state index contributed by atoms with van der Waals surface area (Å²) in [5.74, 6) is 1.86. The first-order valence-corrected chi connectivity index (χ1v) is 10.2. The lowest BCUT2D eigenvalue weighted by molar-refractivity contribution is 0.593. The lowest BCUT2D eigenvalue weighted by Crippen LogP contribution is -2.42. The maximum Gasteiger partial charge on any atom is 0.191 e. The molecule has 0 spiro atoms. The first-order valence-electron chi connectivity index (χ1n) is 10.2. The number of aryl methyl sites for hydroxylation is 2. The fourth-order valence-electron chi connectivity index (χ4n) is 3.32. The van der Waals surface area contributed by atoms with Gasteiger partial charge in [0.15, 0.2) is 5.96 Å². The van der Waals surface area contributed by atoms with Gasteiger partial charge in [-0.15, -0.1) is 24.0 Å². The molecule has 0 amide bonds. The molecule has 0 aliphatic carbocycles. The van der Waals surface area contributed by atoms with Gasteiger partial charge in [-0.3, -0.25) is 4.99 Å². The third-order valence-electron chi connectivity index (χ3n) is 5.04. The standard InChI is InChI=1S/C24H31N5.HI/c1-19(12-13-21-8-5-4-6-9-21)28-24(25-3)27-17-22-10-7-11-23(16-22)18-29-15-14-26-20(29)2;/h4-11,14-16,19H,12-13,17-18H2,1-3H3,(H2,25,27,28);1H. The third-order valence-corrected chi connectivity index (χ3v) is 5.04. The van der Waals surface area contributed by atoms with Gasteiger partial charge in [-0.05, 0) is 43.4 Å². The normalized spacial score (nSPS) is 12.2. The zero-order chi connectivity index (χ0) is 20.5. The SMILES string of the molecule is CN=C(NCc1cccc(Cn2ccnc2C)c1)NC(C)CCc1ccccc1.I. The number of benzene rings is 2. The van der Waals surface area contributed by atoms with Crippen LogP contribution in [0.1, 0.15) is 35.9 Å². The number of hydrogen-bond acceptors (Lipinski definition) is 2. The molecule has 3 rings (SSSR count). The predicted octanol–water partition coefficient (Wildman–Crippen LogP) is 4.54. The lowest BCUT2D eigenvalue weighted by Gasteiger charge is -2.18. The molecular formula is C24H32IN5. The molecule has 3 aromatic rings. The van der Waals surface area contributed by atoms with Gasteiger partial charge in [-0.25, -0.2) is 4.98 Å². The second-order valence-corrected chi connectivity index (χ2v) is 7.42. The van der Waals surface area contributed by atoms with Crippen LogP contribution >= 0.6 is 24.0 Å². The Morgan fingerprint density at radius 3 is 2.50 bits per heavy atom. The van der Waals surface area contributed by atoms with Crippen LogP contribution in [0.15, 0.2) is 72.0 Å². The van der Waals surface area contributed by atoms with E-state index in [1.807, 2.05) is 26.4 Å². The monoisotopic (exact) mass is 517 g/mol. The van der Waals surface area contributed by atoms with Crippen molar-refractivity contribution in [3.05, 3.63) is 89.5 Å². The Balaban J connectivity index is 0.00000320. The summed E-state index contributed by atoms with van der Waals surface area (Å²) < 4.78 is 2.15. The highest BCUT2D eigenvalue weighted by atomic mass is 127. The van der Waals surface area contributed by atoms with E-state index >= 15 is 0 Å². The highest BCUT2D eigenvalue weighted by Crippen LogP contribution is 2.09. The molecule has 30 heavy (non-hydrogen) atoms. The van der Waals surface area contributed by atoms with Crippen LogP contribution < -0.4 is 10.6 Å². The minimum absolute atomic E-state index is 0. The van der Waals surface area contributed by atoms with Crippen molar-refractivity contribution in [3.63, 3.8) is 0 Å². The van der Waals surface area contributed by atoms with Gasteiger partial charge >= 0.3 is 0 Å². The maximum atomic E-state index is 4.37. The van der Waals surface area contributed by atoms with Gasteiger partial charge < -0.3 is 15.2 Å². The second-order valence-electron chi connectivity index (χ2n) is 7.42. The Kier molecular flexibility index (Phi) is 9.86. The smallest absolute Gasteiger partial charge is 0.191 e. The average molecular weight is 517 g/mol. The molecular weight excluding hydrogens is 485 g/mol. The molecule has 5 nitrogen and oxygen atoms in total. The quantitative estimate of drug-likeness (QED) is 0.262. The van der Waals surface area contributed by atoms with E-state index in [0.717, 1.165) is 37.7 Å². The van der Waals surface area contributed by atoms with Crippen LogP contribution in [0.4, 0.5) is 0 Å². The molecule has 1 heterocycles. The fraction of sp³-hybridized carbons (Fsp3) is 0.333. The van der Waals surface area contributed by atoms with Crippen LogP contribution in [0.5, 0.6) is 0 Å². The summed E-state index contributed by atoms with van der Waals surface area (Å²) in [7, 11) is 1.82. The van der Waals surface area contributed by atoms with Gasteiger partial charge in [-0.1, -0.05) is 54.6 Å². The summed E-state index contributed by atoms with van der Waals surface area (Å²) in [5, 5.41) is 6.92. The molecule has 0 aliphatic heterocycles. The van der Waals surface area contributed by atoms with Crippen LogP contribution in [0, 0.1) is 6.92 Å². The minimum Gasteiger partial charge on any atom is -0.354 e. The molecule has 0 aliphatic rings. The summed E-state index contributed by atoms with van der Waals surface area (Å²) in [5.41, 5.74) is 3.87. The Hall–Kier alpha value is -2.35. The summed E-state index contributed by atoms with van der Waals surface area (Å²) >= 11 is 0. The van der Waals surface area contributed by atoms with E-state index < -0.39 is 0 Å². The zero-order valence-corrected chi connectivity index (χ0v) is 20.3. The van der Waals surface area contributed by atoms with Crippen molar-refractivity contribution >= 4 is 29.9 Å². The van der Waals surface area contributed by atoms with Crippen LogP contribution in [0.25, 0.3) is 0 Å². The molecule has 2 aromatic carbocycles. The van der Waals surface area contributed by atoms with Crippen LogP contribution in [0.2, 0.25) is 0 Å². The maximum absolute atomic E-state index is 4.37. The van der Waals surface area contributed by atoms with Crippen molar-refractivity contribution in [3.8, 4) is 0 Å². The number of imidazole rings is 1. The van der Waals surface area contributed by atoms with Crippen LogP contribution in [0.3, 0.4) is 0 Å². The summed E-state index contributed by atoms with van der Waals surface area (Å²) in [6.07, 6.45) is 5.98. The first-order chi connectivity index (χ1) is 14.1. The molecule has 1 aromatic heterocycles. The first kappa shape index (κ1) is 23.9.